The molecule has 0 fully saturated rings. The van der Waals surface area contributed by atoms with Crippen molar-refractivity contribution in [2.24, 2.45) is 0 Å². The molecule has 9 heteroatoms. The topological polar surface area (TPSA) is 75.7 Å². The van der Waals surface area contributed by atoms with E-state index < -0.39 is 33.6 Å². The first-order chi connectivity index (χ1) is 15.3. The Kier molecular flexibility index (Phi) is 5.94. The first-order valence-corrected chi connectivity index (χ1v) is 11.2. The number of methoxy groups -OCH3 is 1. The molecule has 0 saturated heterocycles. The zero-order valence-corrected chi connectivity index (χ0v) is 17.9. The molecule has 1 heterocycles. The van der Waals surface area contributed by atoms with Gasteiger partial charge in [-0.2, -0.15) is 4.31 Å². The Bertz CT molecular complexity index is 1260. The van der Waals surface area contributed by atoms with Gasteiger partial charge < -0.3 is 10.1 Å². The fraction of sp³-hybridized carbons (Fsp3) is 0.174. The Labute approximate surface area is 184 Å². The molecule has 0 spiro atoms. The summed E-state index contributed by atoms with van der Waals surface area (Å²) >= 11 is 0. The van der Waals surface area contributed by atoms with Crippen LogP contribution in [-0.2, 0) is 27.8 Å². The van der Waals surface area contributed by atoms with Crippen LogP contribution in [0.4, 0.5) is 14.5 Å². The number of nitrogens with zero attached hydrogens (tertiary/aromatic N) is 1. The predicted molar refractivity (Wildman–Crippen MR) is 115 cm³/mol. The lowest BCUT2D eigenvalue weighted by Crippen LogP contribution is -2.50. The highest BCUT2D eigenvalue weighted by molar-refractivity contribution is 7.89. The molecule has 0 bridgehead atoms. The average Bonchev–Trinajstić information content (AvgIpc) is 2.80. The Morgan fingerprint density at radius 2 is 1.69 bits per heavy atom. The van der Waals surface area contributed by atoms with Crippen molar-refractivity contribution in [1.29, 1.82) is 0 Å². The van der Waals surface area contributed by atoms with E-state index >= 15 is 0 Å². The van der Waals surface area contributed by atoms with Crippen LogP contribution >= 0.6 is 0 Å². The van der Waals surface area contributed by atoms with Gasteiger partial charge in [0.2, 0.25) is 15.9 Å². The van der Waals surface area contributed by atoms with Gasteiger partial charge in [0.05, 0.1) is 12.0 Å². The van der Waals surface area contributed by atoms with E-state index in [1.54, 1.807) is 6.07 Å². The summed E-state index contributed by atoms with van der Waals surface area (Å²) in [7, 11) is -2.57. The molecule has 0 aromatic heterocycles. The monoisotopic (exact) mass is 458 g/mol. The summed E-state index contributed by atoms with van der Waals surface area (Å²) in [4.78, 5) is 13.1. The molecule has 4 rings (SSSR count). The molecule has 6 nitrogen and oxygen atoms in total. The molecular formula is C23H20F2N2O4S. The normalized spacial score (nSPS) is 16.3. The van der Waals surface area contributed by atoms with Gasteiger partial charge in [-0.05, 0) is 53.9 Å². The van der Waals surface area contributed by atoms with Gasteiger partial charge in [0.1, 0.15) is 11.8 Å². The Morgan fingerprint density at radius 3 is 2.34 bits per heavy atom. The second-order valence-corrected chi connectivity index (χ2v) is 9.22. The van der Waals surface area contributed by atoms with Crippen LogP contribution in [0.15, 0.2) is 71.6 Å². The van der Waals surface area contributed by atoms with Gasteiger partial charge in [-0.1, -0.05) is 24.3 Å². The molecule has 0 radical (unpaired) electrons. The smallest absolute Gasteiger partial charge is 0.244 e. The quantitative estimate of drug-likeness (QED) is 0.632. The van der Waals surface area contributed by atoms with Crippen LogP contribution < -0.4 is 10.1 Å². The highest BCUT2D eigenvalue weighted by atomic mass is 32.2. The first-order valence-electron chi connectivity index (χ1n) is 9.78. The summed E-state index contributed by atoms with van der Waals surface area (Å²) in [6.45, 7) is 0.000398. The number of rotatable bonds is 5. The maximum Gasteiger partial charge on any atom is 0.244 e. The third kappa shape index (κ3) is 4.21. The number of sulfonamides is 1. The molecule has 3 aromatic carbocycles. The fourth-order valence-electron chi connectivity index (χ4n) is 3.66. The number of nitrogens with one attached hydrogen (secondary N) is 1. The SMILES string of the molecule is COc1ccc(S(=O)(=O)N2Cc3ccccc3CC2C(=O)Nc2ccc(F)c(F)c2)cc1. The van der Waals surface area contributed by atoms with Crippen molar-refractivity contribution in [3.63, 3.8) is 0 Å². The van der Waals surface area contributed by atoms with Crippen molar-refractivity contribution in [2.75, 3.05) is 12.4 Å². The lowest BCUT2D eigenvalue weighted by atomic mass is 9.95. The summed E-state index contributed by atoms with van der Waals surface area (Å²) in [6.07, 6.45) is 0.140. The van der Waals surface area contributed by atoms with E-state index in [1.807, 2.05) is 18.2 Å². The van der Waals surface area contributed by atoms with E-state index in [0.29, 0.717) is 5.75 Å². The first kappa shape index (κ1) is 21.9. The molecule has 32 heavy (non-hydrogen) atoms. The second-order valence-electron chi connectivity index (χ2n) is 7.33. The molecule has 0 saturated carbocycles. The minimum absolute atomic E-state index is 0.000398. The maximum absolute atomic E-state index is 13.6. The molecule has 1 amide bonds. The minimum atomic E-state index is -4.05. The Balaban J connectivity index is 1.70. The van der Waals surface area contributed by atoms with Crippen LogP contribution in [0.25, 0.3) is 0 Å². The van der Waals surface area contributed by atoms with Crippen LogP contribution in [0.5, 0.6) is 5.75 Å². The summed E-state index contributed by atoms with van der Waals surface area (Å²) in [5, 5.41) is 2.51. The largest absolute Gasteiger partial charge is 0.497 e. The summed E-state index contributed by atoms with van der Waals surface area (Å²) in [5.41, 5.74) is 1.68. The number of fused-ring (bicyclic) bond motifs is 1. The molecule has 1 unspecified atom stereocenters. The van der Waals surface area contributed by atoms with Gasteiger partial charge in [-0.15, -0.1) is 0 Å². The van der Waals surface area contributed by atoms with Crippen LogP contribution in [-0.4, -0.2) is 31.8 Å². The average molecular weight is 458 g/mol. The van der Waals surface area contributed by atoms with Crippen LogP contribution in [0, 0.1) is 11.6 Å². The number of benzene rings is 3. The van der Waals surface area contributed by atoms with E-state index in [9.17, 15) is 22.0 Å². The van der Waals surface area contributed by atoms with E-state index in [-0.39, 0.29) is 23.5 Å². The minimum Gasteiger partial charge on any atom is -0.497 e. The lowest BCUT2D eigenvalue weighted by Gasteiger charge is -2.35. The van der Waals surface area contributed by atoms with Gasteiger partial charge in [-0.3, -0.25) is 4.79 Å². The van der Waals surface area contributed by atoms with Crippen molar-refractivity contribution >= 4 is 21.6 Å². The van der Waals surface area contributed by atoms with Crippen molar-refractivity contribution in [3.8, 4) is 5.75 Å². The van der Waals surface area contributed by atoms with Crippen LogP contribution in [0.2, 0.25) is 0 Å². The molecule has 3 aromatic rings. The Morgan fingerprint density at radius 1 is 1.00 bits per heavy atom. The highest BCUT2D eigenvalue weighted by Gasteiger charge is 2.39. The molecular weight excluding hydrogens is 438 g/mol. The number of ether oxygens (including phenoxy) is 1. The van der Waals surface area contributed by atoms with Crippen molar-refractivity contribution in [2.45, 2.75) is 23.9 Å². The molecule has 166 valence electrons. The fourth-order valence-corrected chi connectivity index (χ4v) is 5.22. The summed E-state index contributed by atoms with van der Waals surface area (Å²) in [6, 6.07) is 15.1. The lowest BCUT2D eigenvalue weighted by molar-refractivity contribution is -0.120. The predicted octanol–water partition coefficient (Wildman–Crippen LogP) is 3.73. The van der Waals surface area contributed by atoms with Crippen molar-refractivity contribution < 1.29 is 26.7 Å². The van der Waals surface area contributed by atoms with Crippen molar-refractivity contribution in [3.05, 3.63) is 89.5 Å². The van der Waals surface area contributed by atoms with E-state index in [4.69, 9.17) is 4.74 Å². The third-order valence-corrected chi connectivity index (χ3v) is 7.23. The number of anilines is 1. The third-order valence-electron chi connectivity index (χ3n) is 5.36. The van der Waals surface area contributed by atoms with Gasteiger partial charge in [0.25, 0.3) is 0 Å². The summed E-state index contributed by atoms with van der Waals surface area (Å²) < 4.78 is 59.9. The maximum atomic E-state index is 13.6. The number of halogens is 2. The van der Waals surface area contributed by atoms with E-state index in [0.717, 1.165) is 27.6 Å². The summed E-state index contributed by atoms with van der Waals surface area (Å²) in [5.74, 6) is -2.29. The van der Waals surface area contributed by atoms with Gasteiger partial charge in [0, 0.05) is 18.3 Å². The standard InChI is InChI=1S/C23H20F2N2O4S/c1-31-18-7-9-19(10-8-18)32(29,30)27-14-16-5-3-2-4-15(16)12-22(27)23(28)26-17-6-11-20(24)21(25)13-17/h2-11,13,22H,12,14H2,1H3,(H,26,28). The number of carbonyl (C=O) groups excluding carboxylic acids is 1. The number of hydrogen-bond donors (Lipinski definition) is 1. The van der Waals surface area contributed by atoms with Gasteiger partial charge >= 0.3 is 0 Å². The van der Waals surface area contributed by atoms with Crippen molar-refractivity contribution in [1.82, 2.24) is 4.31 Å². The van der Waals surface area contributed by atoms with Crippen LogP contribution in [0.3, 0.4) is 0 Å². The van der Waals surface area contributed by atoms with E-state index in [1.165, 1.54) is 37.4 Å². The van der Waals surface area contributed by atoms with Gasteiger partial charge in [0.15, 0.2) is 11.6 Å². The Hall–Kier alpha value is -3.30. The van der Waals surface area contributed by atoms with Gasteiger partial charge in [-0.25, -0.2) is 17.2 Å². The number of hydrogen-bond acceptors (Lipinski definition) is 4. The number of carbonyl (C=O) groups is 1. The van der Waals surface area contributed by atoms with Crippen LogP contribution in [0.1, 0.15) is 11.1 Å². The molecule has 1 aliphatic rings. The second kappa shape index (κ2) is 8.68. The number of amides is 1. The molecule has 1 N–H and O–H groups in total. The molecule has 1 aliphatic heterocycles. The zero-order chi connectivity index (χ0) is 22.9. The van der Waals surface area contributed by atoms with E-state index in [2.05, 4.69) is 5.32 Å². The highest BCUT2D eigenvalue weighted by Crippen LogP contribution is 2.30. The zero-order valence-electron chi connectivity index (χ0n) is 17.1. The molecule has 0 aliphatic carbocycles. The molecule has 1 atom stereocenters.